The van der Waals surface area contributed by atoms with Crippen molar-refractivity contribution in [2.75, 3.05) is 13.2 Å². The number of esters is 2. The van der Waals surface area contributed by atoms with E-state index in [1.807, 2.05) is 0 Å². The highest BCUT2D eigenvalue weighted by Crippen LogP contribution is 2.20. The van der Waals surface area contributed by atoms with E-state index in [0.29, 0.717) is 11.1 Å². The van der Waals surface area contributed by atoms with Crippen LogP contribution >= 0.6 is 0 Å². The lowest BCUT2D eigenvalue weighted by Crippen LogP contribution is -2.38. The van der Waals surface area contributed by atoms with E-state index >= 15 is 0 Å². The summed E-state index contributed by atoms with van der Waals surface area (Å²) < 4.78 is 16.0. The summed E-state index contributed by atoms with van der Waals surface area (Å²) in [4.78, 5) is 24.1. The molecule has 2 aromatic carbocycles. The molecule has 6 heteroatoms. The first-order valence-corrected chi connectivity index (χ1v) is 7.93. The fourth-order valence-electron chi connectivity index (χ4n) is 2.54. The van der Waals surface area contributed by atoms with Gasteiger partial charge in [-0.2, -0.15) is 0 Å². The molecular weight excluding hydrogens is 324 g/mol. The number of hydrogen-bond acceptors (Lipinski definition) is 6. The monoisotopic (exact) mass is 342 g/mol. The Morgan fingerprint density at radius 3 is 2.12 bits per heavy atom. The second-order valence-corrected chi connectivity index (χ2v) is 5.64. The lowest BCUT2D eigenvalue weighted by atomic mass is 10.1. The Balaban J connectivity index is 1.59. The molecule has 1 fully saturated rings. The van der Waals surface area contributed by atoms with Crippen molar-refractivity contribution in [3.63, 3.8) is 0 Å². The number of hydrogen-bond donors (Lipinski definition) is 1. The van der Waals surface area contributed by atoms with Crippen LogP contribution in [0.15, 0.2) is 60.7 Å². The zero-order valence-corrected chi connectivity index (χ0v) is 13.4. The van der Waals surface area contributed by atoms with E-state index in [4.69, 9.17) is 14.2 Å². The first-order valence-electron chi connectivity index (χ1n) is 7.93. The number of aliphatic hydroxyl groups is 1. The lowest BCUT2D eigenvalue weighted by molar-refractivity contribution is -0.0382. The average molecular weight is 342 g/mol. The number of aliphatic hydroxyl groups excluding tert-OH is 1. The van der Waals surface area contributed by atoms with E-state index in [1.54, 1.807) is 60.7 Å². The van der Waals surface area contributed by atoms with Crippen molar-refractivity contribution in [3.05, 3.63) is 71.8 Å². The maximum Gasteiger partial charge on any atom is 0.338 e. The highest BCUT2D eigenvalue weighted by atomic mass is 16.6. The van der Waals surface area contributed by atoms with Gasteiger partial charge in [-0.15, -0.1) is 0 Å². The van der Waals surface area contributed by atoms with E-state index in [-0.39, 0.29) is 13.2 Å². The summed E-state index contributed by atoms with van der Waals surface area (Å²) in [5.74, 6) is -1.06. The van der Waals surface area contributed by atoms with Crippen molar-refractivity contribution >= 4 is 11.9 Å². The molecule has 130 valence electrons. The normalized spacial score (nSPS) is 22.4. The van der Waals surface area contributed by atoms with Crippen molar-refractivity contribution in [2.24, 2.45) is 0 Å². The standard InChI is InChI=1S/C19H18O6/c20-15-11-23-16(12-24-18(21)13-7-3-1-4-8-13)17(15)25-19(22)14-9-5-2-6-10-14/h1-10,15-17,20H,11-12H2/t15?,16-,17-/m1/s1. The second-order valence-electron chi connectivity index (χ2n) is 5.64. The fourth-order valence-corrected chi connectivity index (χ4v) is 2.54. The van der Waals surface area contributed by atoms with Crippen LogP contribution in [0.4, 0.5) is 0 Å². The molecule has 25 heavy (non-hydrogen) atoms. The van der Waals surface area contributed by atoms with Gasteiger partial charge in [-0.3, -0.25) is 0 Å². The van der Waals surface area contributed by atoms with E-state index in [0.717, 1.165) is 0 Å². The highest BCUT2D eigenvalue weighted by molar-refractivity contribution is 5.90. The van der Waals surface area contributed by atoms with Gasteiger partial charge in [0.1, 0.15) is 18.8 Å². The van der Waals surface area contributed by atoms with Gasteiger partial charge in [0.15, 0.2) is 6.10 Å². The number of carbonyl (C=O) groups is 2. The SMILES string of the molecule is O=C(OC[C@H]1OCC(O)[C@H]1OC(=O)c1ccccc1)c1ccccc1. The molecule has 2 aromatic rings. The van der Waals surface area contributed by atoms with Crippen LogP contribution in [0.2, 0.25) is 0 Å². The molecule has 0 radical (unpaired) electrons. The molecule has 3 rings (SSSR count). The van der Waals surface area contributed by atoms with Crippen LogP contribution in [-0.4, -0.2) is 48.6 Å². The Morgan fingerprint density at radius 2 is 1.52 bits per heavy atom. The van der Waals surface area contributed by atoms with Crippen LogP contribution in [0.1, 0.15) is 20.7 Å². The summed E-state index contributed by atoms with van der Waals surface area (Å²) in [5, 5.41) is 9.99. The van der Waals surface area contributed by atoms with Crippen LogP contribution in [0.3, 0.4) is 0 Å². The van der Waals surface area contributed by atoms with Crippen molar-refractivity contribution in [3.8, 4) is 0 Å². The second kappa shape index (κ2) is 7.92. The summed E-state index contributed by atoms with van der Waals surface area (Å²) in [6, 6.07) is 17.0. The van der Waals surface area contributed by atoms with Gasteiger partial charge in [-0.25, -0.2) is 9.59 Å². The number of rotatable bonds is 5. The number of ether oxygens (including phenoxy) is 3. The topological polar surface area (TPSA) is 82.1 Å². The van der Waals surface area contributed by atoms with Crippen molar-refractivity contribution in [1.29, 1.82) is 0 Å². The minimum absolute atomic E-state index is 0.0142. The molecule has 0 saturated carbocycles. The molecule has 1 N–H and O–H groups in total. The molecule has 1 aliphatic rings. The molecule has 1 aliphatic heterocycles. The highest BCUT2D eigenvalue weighted by Gasteiger charge is 2.40. The third kappa shape index (κ3) is 4.23. The van der Waals surface area contributed by atoms with Crippen molar-refractivity contribution in [2.45, 2.75) is 18.3 Å². The molecule has 1 unspecified atom stereocenters. The molecule has 6 nitrogen and oxygen atoms in total. The molecule has 1 saturated heterocycles. The van der Waals surface area contributed by atoms with Crippen LogP contribution < -0.4 is 0 Å². The van der Waals surface area contributed by atoms with E-state index in [9.17, 15) is 14.7 Å². The predicted molar refractivity (Wildman–Crippen MR) is 88.1 cm³/mol. The third-order valence-corrected chi connectivity index (χ3v) is 3.87. The molecule has 0 spiro atoms. The fraction of sp³-hybridized carbons (Fsp3) is 0.263. The Kier molecular flexibility index (Phi) is 5.42. The smallest absolute Gasteiger partial charge is 0.338 e. The summed E-state index contributed by atoms with van der Waals surface area (Å²) >= 11 is 0. The molecule has 0 bridgehead atoms. The largest absolute Gasteiger partial charge is 0.459 e. The summed E-state index contributed by atoms with van der Waals surface area (Å²) in [6.45, 7) is -0.0994. The summed E-state index contributed by atoms with van der Waals surface area (Å²) in [5.41, 5.74) is 0.792. The molecule has 0 aliphatic carbocycles. The Morgan fingerprint density at radius 1 is 0.960 bits per heavy atom. The van der Waals surface area contributed by atoms with E-state index < -0.39 is 30.3 Å². The van der Waals surface area contributed by atoms with E-state index in [2.05, 4.69) is 0 Å². The lowest BCUT2D eigenvalue weighted by Gasteiger charge is -2.20. The van der Waals surface area contributed by atoms with Gasteiger partial charge < -0.3 is 19.3 Å². The average Bonchev–Trinajstić information content (AvgIpc) is 3.01. The first-order chi connectivity index (χ1) is 12.1. The van der Waals surface area contributed by atoms with Gasteiger partial charge in [0.05, 0.1) is 17.7 Å². The zero-order valence-electron chi connectivity index (χ0n) is 13.4. The van der Waals surface area contributed by atoms with Crippen LogP contribution in [0, 0.1) is 0 Å². The third-order valence-electron chi connectivity index (χ3n) is 3.87. The number of carbonyl (C=O) groups excluding carboxylic acids is 2. The summed E-state index contributed by atoms with van der Waals surface area (Å²) in [6.07, 6.45) is -2.57. The maximum atomic E-state index is 12.2. The first kappa shape index (κ1) is 17.1. The summed E-state index contributed by atoms with van der Waals surface area (Å²) in [7, 11) is 0. The Labute approximate surface area is 144 Å². The maximum absolute atomic E-state index is 12.2. The van der Waals surface area contributed by atoms with Crippen LogP contribution in [-0.2, 0) is 14.2 Å². The molecular formula is C19H18O6. The van der Waals surface area contributed by atoms with Gasteiger partial charge >= 0.3 is 11.9 Å². The van der Waals surface area contributed by atoms with Crippen LogP contribution in [0.5, 0.6) is 0 Å². The van der Waals surface area contributed by atoms with Crippen molar-refractivity contribution in [1.82, 2.24) is 0 Å². The Bertz CT molecular complexity index is 715. The van der Waals surface area contributed by atoms with Crippen LogP contribution in [0.25, 0.3) is 0 Å². The van der Waals surface area contributed by atoms with Gasteiger partial charge in [-0.1, -0.05) is 36.4 Å². The molecule has 3 atom stereocenters. The van der Waals surface area contributed by atoms with Gasteiger partial charge in [-0.05, 0) is 24.3 Å². The molecule has 0 aromatic heterocycles. The molecule has 1 heterocycles. The Hall–Kier alpha value is -2.70. The van der Waals surface area contributed by atoms with Gasteiger partial charge in [0.2, 0.25) is 0 Å². The number of benzene rings is 2. The zero-order chi connectivity index (χ0) is 17.6. The minimum atomic E-state index is -0.965. The quantitative estimate of drug-likeness (QED) is 0.835. The van der Waals surface area contributed by atoms with Gasteiger partial charge in [0, 0.05) is 0 Å². The predicted octanol–water partition coefficient (Wildman–Crippen LogP) is 1.83. The van der Waals surface area contributed by atoms with Crippen molar-refractivity contribution < 1.29 is 28.9 Å². The van der Waals surface area contributed by atoms with Gasteiger partial charge in [0.25, 0.3) is 0 Å². The minimum Gasteiger partial charge on any atom is -0.459 e. The van der Waals surface area contributed by atoms with E-state index in [1.165, 1.54) is 0 Å². The molecule has 0 amide bonds.